The van der Waals surface area contributed by atoms with Crippen LogP contribution in [0.4, 0.5) is 0 Å². The van der Waals surface area contributed by atoms with Crippen molar-refractivity contribution in [1.29, 1.82) is 0 Å². The summed E-state index contributed by atoms with van der Waals surface area (Å²) >= 11 is 1.46. The molecule has 3 atom stereocenters. The fourth-order valence-corrected chi connectivity index (χ4v) is 4.50. The Morgan fingerprint density at radius 1 is 1.44 bits per heavy atom. The number of rotatable bonds is 2. The van der Waals surface area contributed by atoms with Crippen LogP contribution in [0, 0.1) is 16.7 Å². The highest BCUT2D eigenvalue weighted by Gasteiger charge is 2.62. The molecule has 98 valence electrons. The molecule has 0 aromatic carbocycles. The van der Waals surface area contributed by atoms with E-state index in [1.165, 1.54) is 24.2 Å². The Hall–Kier alpha value is -0.830. The molecule has 0 amide bonds. The minimum absolute atomic E-state index is 0.0980. The van der Waals surface area contributed by atoms with Gasteiger partial charge in [0.15, 0.2) is 0 Å². The van der Waals surface area contributed by atoms with Crippen LogP contribution in [0.3, 0.4) is 0 Å². The van der Waals surface area contributed by atoms with Crippen LogP contribution in [0.25, 0.3) is 0 Å². The molecule has 1 aromatic heterocycles. The molecule has 18 heavy (non-hydrogen) atoms. The molecular formula is C15H20O2S. The molecule has 0 radical (unpaired) electrons. The number of thiophene rings is 1. The highest BCUT2D eigenvalue weighted by atomic mass is 32.1. The van der Waals surface area contributed by atoms with Gasteiger partial charge in [-0.3, -0.25) is 0 Å². The smallest absolute Gasteiger partial charge is 0.348 e. The lowest BCUT2D eigenvalue weighted by atomic mass is 9.70. The van der Waals surface area contributed by atoms with Crippen LogP contribution in [-0.4, -0.2) is 12.1 Å². The molecule has 0 spiro atoms. The summed E-state index contributed by atoms with van der Waals surface area (Å²) in [6.45, 7) is 6.97. The maximum atomic E-state index is 12.1. The number of ether oxygens (including phenoxy) is 1. The predicted octanol–water partition coefficient (Wildman–Crippen LogP) is 4.12. The molecule has 0 N–H and O–H groups in total. The van der Waals surface area contributed by atoms with Crippen molar-refractivity contribution in [3.8, 4) is 0 Å². The zero-order chi connectivity index (χ0) is 13.0. The van der Waals surface area contributed by atoms with Crippen LogP contribution < -0.4 is 0 Å². The number of fused-ring (bicyclic) bond motifs is 2. The van der Waals surface area contributed by atoms with Crippen LogP contribution in [0.5, 0.6) is 0 Å². The van der Waals surface area contributed by atoms with Crippen molar-refractivity contribution in [1.82, 2.24) is 0 Å². The standard InChI is InChI=1S/C15H20O2S/c1-14(2)10-6-7-15(14,3)12(9-10)17-13(16)11-5-4-8-18-11/h4-5,8,10,12H,6-7,9H2,1-3H3. The van der Waals surface area contributed by atoms with Crippen molar-refractivity contribution in [3.63, 3.8) is 0 Å². The second-order valence-corrected chi connectivity index (χ2v) is 7.43. The van der Waals surface area contributed by atoms with E-state index in [0.717, 1.165) is 11.3 Å². The van der Waals surface area contributed by atoms with Gasteiger partial charge in [-0.1, -0.05) is 26.8 Å². The fourth-order valence-electron chi connectivity index (χ4n) is 3.89. The van der Waals surface area contributed by atoms with E-state index in [2.05, 4.69) is 20.8 Å². The van der Waals surface area contributed by atoms with Gasteiger partial charge in [0.1, 0.15) is 11.0 Å². The molecule has 1 heterocycles. The molecule has 2 nitrogen and oxygen atoms in total. The summed E-state index contributed by atoms with van der Waals surface area (Å²) in [6, 6.07) is 3.74. The van der Waals surface area contributed by atoms with E-state index in [1.807, 2.05) is 17.5 Å². The molecule has 1 aromatic rings. The minimum atomic E-state index is -0.139. The van der Waals surface area contributed by atoms with Gasteiger partial charge in [0.2, 0.25) is 0 Å². The predicted molar refractivity (Wildman–Crippen MR) is 72.8 cm³/mol. The lowest BCUT2D eigenvalue weighted by molar-refractivity contribution is -0.0238. The number of carbonyl (C=O) groups excluding carboxylic acids is 1. The highest BCUT2D eigenvalue weighted by Crippen LogP contribution is 2.66. The van der Waals surface area contributed by atoms with Crippen molar-refractivity contribution in [2.45, 2.75) is 46.1 Å². The van der Waals surface area contributed by atoms with Gasteiger partial charge in [0.25, 0.3) is 0 Å². The Labute approximate surface area is 112 Å². The van der Waals surface area contributed by atoms with Crippen LogP contribution in [-0.2, 0) is 4.74 Å². The van der Waals surface area contributed by atoms with Crippen LogP contribution in [0.1, 0.15) is 49.7 Å². The lowest BCUT2D eigenvalue weighted by Gasteiger charge is -2.38. The summed E-state index contributed by atoms with van der Waals surface area (Å²) in [6.07, 6.45) is 3.62. The first kappa shape index (κ1) is 12.2. The van der Waals surface area contributed by atoms with Gasteiger partial charge in [-0.25, -0.2) is 4.79 Å². The zero-order valence-electron chi connectivity index (χ0n) is 11.2. The van der Waals surface area contributed by atoms with Crippen molar-refractivity contribution < 1.29 is 9.53 Å². The van der Waals surface area contributed by atoms with Crippen LogP contribution in [0.2, 0.25) is 0 Å². The van der Waals surface area contributed by atoms with Crippen molar-refractivity contribution in [2.75, 3.05) is 0 Å². The highest BCUT2D eigenvalue weighted by molar-refractivity contribution is 7.11. The largest absolute Gasteiger partial charge is 0.458 e. The lowest BCUT2D eigenvalue weighted by Crippen LogP contribution is -2.38. The van der Waals surface area contributed by atoms with E-state index in [0.29, 0.717) is 11.3 Å². The molecule has 3 rings (SSSR count). The van der Waals surface area contributed by atoms with Gasteiger partial charge in [0, 0.05) is 5.41 Å². The molecule has 2 aliphatic rings. The molecule has 0 saturated heterocycles. The SMILES string of the molecule is CC1(C)C2CCC1(C)C(OC(=O)c1cccs1)C2. The third-order valence-electron chi connectivity index (χ3n) is 5.69. The molecule has 2 saturated carbocycles. The number of hydrogen-bond donors (Lipinski definition) is 0. The number of esters is 1. The van der Waals surface area contributed by atoms with E-state index in [4.69, 9.17) is 4.74 Å². The molecule has 3 heteroatoms. The maximum Gasteiger partial charge on any atom is 0.348 e. The van der Waals surface area contributed by atoms with Gasteiger partial charge in [0.05, 0.1) is 0 Å². The second kappa shape index (κ2) is 3.83. The van der Waals surface area contributed by atoms with Crippen LogP contribution in [0.15, 0.2) is 17.5 Å². The maximum absolute atomic E-state index is 12.1. The van der Waals surface area contributed by atoms with E-state index >= 15 is 0 Å². The second-order valence-electron chi connectivity index (χ2n) is 6.48. The fraction of sp³-hybridized carbons (Fsp3) is 0.667. The summed E-state index contributed by atoms with van der Waals surface area (Å²) in [7, 11) is 0. The first-order valence-corrected chi connectivity index (χ1v) is 7.57. The normalized spacial score (nSPS) is 36.8. The van der Waals surface area contributed by atoms with Crippen LogP contribution >= 0.6 is 11.3 Å². The van der Waals surface area contributed by atoms with E-state index < -0.39 is 0 Å². The van der Waals surface area contributed by atoms with Gasteiger partial charge in [-0.15, -0.1) is 11.3 Å². The third-order valence-corrected chi connectivity index (χ3v) is 6.54. The first-order chi connectivity index (χ1) is 8.45. The summed E-state index contributed by atoms with van der Waals surface area (Å²) in [5, 5.41) is 1.92. The Kier molecular flexibility index (Phi) is 2.60. The van der Waals surface area contributed by atoms with Gasteiger partial charge >= 0.3 is 5.97 Å². The van der Waals surface area contributed by atoms with Crippen molar-refractivity contribution >= 4 is 17.3 Å². The monoisotopic (exact) mass is 264 g/mol. The molecule has 2 bridgehead atoms. The van der Waals surface area contributed by atoms with Crippen molar-refractivity contribution in [3.05, 3.63) is 22.4 Å². The van der Waals surface area contributed by atoms with Gasteiger partial charge in [-0.05, 0) is 42.0 Å². The zero-order valence-corrected chi connectivity index (χ0v) is 12.0. The molecule has 3 unspecified atom stereocenters. The summed E-state index contributed by atoms with van der Waals surface area (Å²) in [4.78, 5) is 12.8. The quantitative estimate of drug-likeness (QED) is 0.751. The van der Waals surface area contributed by atoms with E-state index in [9.17, 15) is 4.79 Å². The summed E-state index contributed by atoms with van der Waals surface area (Å²) in [5.74, 6) is 0.572. The Bertz CT molecular complexity index is 463. The topological polar surface area (TPSA) is 26.3 Å². The van der Waals surface area contributed by atoms with Crippen molar-refractivity contribution in [2.24, 2.45) is 16.7 Å². The summed E-state index contributed by atoms with van der Waals surface area (Å²) in [5.41, 5.74) is 0.456. The first-order valence-electron chi connectivity index (χ1n) is 6.69. The van der Waals surface area contributed by atoms with E-state index in [-0.39, 0.29) is 17.5 Å². The molecular weight excluding hydrogens is 244 g/mol. The Morgan fingerprint density at radius 2 is 2.22 bits per heavy atom. The minimum Gasteiger partial charge on any atom is -0.458 e. The Morgan fingerprint density at radius 3 is 2.72 bits per heavy atom. The van der Waals surface area contributed by atoms with E-state index in [1.54, 1.807) is 0 Å². The molecule has 2 aliphatic carbocycles. The van der Waals surface area contributed by atoms with Gasteiger partial charge in [-0.2, -0.15) is 0 Å². The molecule has 0 aliphatic heterocycles. The third kappa shape index (κ3) is 1.49. The Balaban J connectivity index is 1.78. The number of carbonyl (C=O) groups is 1. The number of hydrogen-bond acceptors (Lipinski definition) is 3. The van der Waals surface area contributed by atoms with Gasteiger partial charge < -0.3 is 4.74 Å². The average molecular weight is 264 g/mol. The average Bonchev–Trinajstić information content (AvgIpc) is 2.95. The summed E-state index contributed by atoms with van der Waals surface area (Å²) < 4.78 is 5.80. The molecule has 2 fully saturated rings.